The summed E-state index contributed by atoms with van der Waals surface area (Å²) in [6.07, 6.45) is 1.25. The van der Waals surface area contributed by atoms with E-state index >= 15 is 0 Å². The van der Waals surface area contributed by atoms with Crippen molar-refractivity contribution in [3.8, 4) is 0 Å². The number of fused-ring (bicyclic) bond motifs is 2. The summed E-state index contributed by atoms with van der Waals surface area (Å²) in [6.45, 7) is 4.11. The van der Waals surface area contributed by atoms with Gasteiger partial charge in [-0.1, -0.05) is 36.8 Å². The molecular formula is C18H16ClN3O2S. The molecule has 25 heavy (non-hydrogen) atoms. The first-order valence-electron chi connectivity index (χ1n) is 7.93. The van der Waals surface area contributed by atoms with Crippen molar-refractivity contribution in [1.29, 1.82) is 0 Å². The molecule has 3 aromatic rings. The lowest BCUT2D eigenvalue weighted by atomic mass is 9.78. The summed E-state index contributed by atoms with van der Waals surface area (Å²) in [5, 5.41) is 4.73. The van der Waals surface area contributed by atoms with E-state index in [0.29, 0.717) is 27.1 Å². The number of benzene rings is 1. The van der Waals surface area contributed by atoms with Crippen molar-refractivity contribution >= 4 is 50.7 Å². The number of aromatic nitrogens is 2. The predicted octanol–water partition coefficient (Wildman–Crippen LogP) is 4.69. The third-order valence-corrected chi connectivity index (χ3v) is 5.57. The summed E-state index contributed by atoms with van der Waals surface area (Å²) in [7, 11) is 0. The van der Waals surface area contributed by atoms with Crippen molar-refractivity contribution in [2.24, 2.45) is 5.41 Å². The molecule has 1 amide bonds. The highest BCUT2D eigenvalue weighted by molar-refractivity contribution is 7.17. The lowest BCUT2D eigenvalue weighted by Gasteiger charge is -2.26. The fourth-order valence-electron chi connectivity index (χ4n) is 3.16. The Bertz CT molecular complexity index is 1020. The largest absolute Gasteiger partial charge is 0.351 e. The molecule has 0 saturated carbocycles. The molecule has 1 aliphatic carbocycles. The van der Waals surface area contributed by atoms with E-state index in [4.69, 9.17) is 11.6 Å². The highest BCUT2D eigenvalue weighted by Gasteiger charge is 2.34. The van der Waals surface area contributed by atoms with Gasteiger partial charge in [-0.05, 0) is 36.1 Å². The summed E-state index contributed by atoms with van der Waals surface area (Å²) in [5.74, 6) is -0.186. The molecular weight excluding hydrogens is 358 g/mol. The maximum absolute atomic E-state index is 12.5. The predicted molar refractivity (Wildman–Crippen MR) is 99.8 cm³/mol. The number of carbonyl (C=O) groups excluding carboxylic acids is 2. The van der Waals surface area contributed by atoms with Gasteiger partial charge < -0.3 is 4.98 Å². The van der Waals surface area contributed by atoms with Crippen LogP contribution in [0.5, 0.6) is 0 Å². The average Bonchev–Trinajstić information content (AvgIpc) is 3.09. The third-order valence-electron chi connectivity index (χ3n) is 4.28. The first-order valence-corrected chi connectivity index (χ1v) is 9.13. The Labute approximate surface area is 153 Å². The van der Waals surface area contributed by atoms with E-state index in [1.54, 1.807) is 18.2 Å². The average molecular weight is 374 g/mol. The summed E-state index contributed by atoms with van der Waals surface area (Å²) < 4.78 is 0. The molecule has 2 aromatic heterocycles. The van der Waals surface area contributed by atoms with Crippen molar-refractivity contribution in [1.82, 2.24) is 9.97 Å². The van der Waals surface area contributed by atoms with E-state index in [1.165, 1.54) is 11.3 Å². The number of ketones is 1. The van der Waals surface area contributed by atoms with Gasteiger partial charge in [0.2, 0.25) is 0 Å². The van der Waals surface area contributed by atoms with Crippen molar-refractivity contribution < 1.29 is 9.59 Å². The van der Waals surface area contributed by atoms with Crippen LogP contribution in [0.25, 0.3) is 10.9 Å². The van der Waals surface area contributed by atoms with Gasteiger partial charge in [-0.25, -0.2) is 4.98 Å². The molecule has 7 heteroatoms. The zero-order valence-corrected chi connectivity index (χ0v) is 15.3. The Morgan fingerprint density at radius 2 is 2.12 bits per heavy atom. The van der Waals surface area contributed by atoms with E-state index in [9.17, 15) is 9.59 Å². The monoisotopic (exact) mass is 373 g/mol. The number of nitrogens with one attached hydrogen (secondary N) is 2. The molecule has 128 valence electrons. The van der Waals surface area contributed by atoms with Gasteiger partial charge in [0.25, 0.3) is 5.91 Å². The first-order chi connectivity index (χ1) is 11.8. The number of carbonyl (C=O) groups is 2. The second kappa shape index (κ2) is 5.68. The Morgan fingerprint density at radius 3 is 2.92 bits per heavy atom. The van der Waals surface area contributed by atoms with Crippen LogP contribution in [0.3, 0.4) is 0 Å². The molecule has 0 radical (unpaired) electrons. The van der Waals surface area contributed by atoms with E-state index in [-0.39, 0.29) is 17.1 Å². The van der Waals surface area contributed by atoms with Crippen molar-refractivity contribution in [2.45, 2.75) is 26.7 Å². The summed E-state index contributed by atoms with van der Waals surface area (Å²) in [6, 6.07) is 7.15. The number of hydrogen-bond donors (Lipinski definition) is 2. The highest BCUT2D eigenvalue weighted by Crippen LogP contribution is 2.38. The molecule has 1 aliphatic rings. The molecule has 2 heterocycles. The molecule has 2 N–H and O–H groups in total. The van der Waals surface area contributed by atoms with E-state index in [0.717, 1.165) is 23.0 Å². The molecule has 1 aromatic carbocycles. The molecule has 0 fully saturated rings. The van der Waals surface area contributed by atoms with Crippen molar-refractivity contribution in [2.75, 3.05) is 5.32 Å². The Morgan fingerprint density at radius 1 is 1.32 bits per heavy atom. The van der Waals surface area contributed by atoms with Gasteiger partial charge in [0.15, 0.2) is 10.9 Å². The van der Waals surface area contributed by atoms with Gasteiger partial charge >= 0.3 is 0 Å². The topological polar surface area (TPSA) is 74.8 Å². The van der Waals surface area contributed by atoms with E-state index in [2.05, 4.69) is 29.1 Å². The van der Waals surface area contributed by atoms with Crippen LogP contribution in [0.4, 0.5) is 5.13 Å². The lowest BCUT2D eigenvalue weighted by Crippen LogP contribution is -2.26. The molecule has 4 rings (SSSR count). The van der Waals surface area contributed by atoms with Gasteiger partial charge in [0.1, 0.15) is 5.69 Å². The zero-order valence-electron chi connectivity index (χ0n) is 13.8. The number of nitrogens with zero attached hydrogens (tertiary/aromatic N) is 1. The molecule has 0 unspecified atom stereocenters. The van der Waals surface area contributed by atoms with Crippen LogP contribution in [-0.4, -0.2) is 21.7 Å². The molecule has 0 aliphatic heterocycles. The minimum Gasteiger partial charge on any atom is -0.351 e. The smallest absolute Gasteiger partial charge is 0.273 e. The fraction of sp³-hybridized carbons (Fsp3) is 0.278. The number of hydrogen-bond acceptors (Lipinski definition) is 4. The summed E-state index contributed by atoms with van der Waals surface area (Å²) in [5.41, 5.74) is 1.96. The van der Waals surface area contributed by atoms with Gasteiger partial charge in [-0.15, -0.1) is 0 Å². The van der Waals surface area contributed by atoms with Crippen LogP contribution >= 0.6 is 22.9 Å². The number of H-pyrrole nitrogens is 1. The van der Waals surface area contributed by atoms with Crippen molar-refractivity contribution in [3.05, 3.63) is 45.6 Å². The van der Waals surface area contributed by atoms with Crippen LogP contribution in [0.1, 0.15) is 46.1 Å². The normalized spacial score (nSPS) is 16.0. The Kier molecular flexibility index (Phi) is 3.70. The number of aromatic amines is 1. The number of rotatable bonds is 2. The van der Waals surface area contributed by atoms with E-state index in [1.807, 2.05) is 6.07 Å². The molecule has 0 atom stereocenters. The Balaban J connectivity index is 1.59. The quantitative estimate of drug-likeness (QED) is 0.684. The zero-order chi connectivity index (χ0) is 17.8. The molecule has 0 spiro atoms. The number of anilines is 1. The maximum atomic E-state index is 12.5. The minimum atomic E-state index is -0.287. The number of thiazole rings is 1. The maximum Gasteiger partial charge on any atom is 0.273 e. The lowest BCUT2D eigenvalue weighted by molar-refractivity contribution is 0.0915. The van der Waals surface area contributed by atoms with Gasteiger partial charge in [0.05, 0.1) is 10.6 Å². The van der Waals surface area contributed by atoms with E-state index < -0.39 is 0 Å². The highest BCUT2D eigenvalue weighted by atomic mass is 35.5. The standard InChI is InChI=1S/C18H16ClN3O2S/c1-18(2)7-13-15(14(23)8-18)25-17(21-13)22-16(24)12-6-9-5-10(19)3-4-11(9)20-12/h3-6,20H,7-8H2,1-2H3,(H,21,22,24). The van der Waals surface area contributed by atoms with Gasteiger partial charge in [-0.3, -0.25) is 14.9 Å². The van der Waals surface area contributed by atoms with Crippen LogP contribution in [0.2, 0.25) is 5.02 Å². The van der Waals surface area contributed by atoms with Crippen LogP contribution in [-0.2, 0) is 6.42 Å². The fourth-order valence-corrected chi connectivity index (χ4v) is 4.26. The summed E-state index contributed by atoms with van der Waals surface area (Å²) in [4.78, 5) is 32.9. The van der Waals surface area contributed by atoms with Crippen LogP contribution in [0.15, 0.2) is 24.3 Å². The van der Waals surface area contributed by atoms with Crippen LogP contribution < -0.4 is 5.32 Å². The number of halogens is 1. The van der Waals surface area contributed by atoms with Crippen molar-refractivity contribution in [3.63, 3.8) is 0 Å². The SMILES string of the molecule is CC1(C)CC(=O)c2sc(NC(=O)c3cc4cc(Cl)ccc4[nH]3)nc2C1. The minimum absolute atomic E-state index is 0.0874. The first kappa shape index (κ1) is 16.3. The van der Waals surface area contributed by atoms with Gasteiger partial charge in [-0.2, -0.15) is 0 Å². The Hall–Kier alpha value is -2.18. The van der Waals surface area contributed by atoms with Crippen LogP contribution in [0, 0.1) is 5.41 Å². The molecule has 0 saturated heterocycles. The molecule has 0 bridgehead atoms. The third kappa shape index (κ3) is 3.07. The molecule has 5 nitrogen and oxygen atoms in total. The number of amides is 1. The summed E-state index contributed by atoms with van der Waals surface area (Å²) >= 11 is 7.23. The second-order valence-corrected chi connectivity index (χ2v) is 8.54. The van der Waals surface area contributed by atoms with Gasteiger partial charge in [0, 0.05) is 22.3 Å². The number of Topliss-reactive ketones (excluding diaryl/α,β-unsaturated/α-hetero) is 1. The second-order valence-electron chi connectivity index (χ2n) is 7.10.